The van der Waals surface area contributed by atoms with Crippen LogP contribution in [0.4, 0.5) is 0 Å². The SMILES string of the molecule is O=C(NCCC(=O)N(CCO)C1CCCC1)c1ccoc1. The first-order valence-corrected chi connectivity index (χ1v) is 7.43. The van der Waals surface area contributed by atoms with Crippen LogP contribution in [-0.2, 0) is 4.79 Å². The maximum atomic E-state index is 12.2. The van der Waals surface area contributed by atoms with Crippen molar-refractivity contribution in [2.75, 3.05) is 19.7 Å². The Morgan fingerprint density at radius 1 is 1.38 bits per heavy atom. The Kier molecular flexibility index (Phi) is 5.80. The van der Waals surface area contributed by atoms with Crippen molar-refractivity contribution < 1.29 is 19.1 Å². The quantitative estimate of drug-likeness (QED) is 0.790. The van der Waals surface area contributed by atoms with Crippen molar-refractivity contribution in [3.05, 3.63) is 24.2 Å². The third-order valence-electron chi connectivity index (χ3n) is 3.83. The van der Waals surface area contributed by atoms with Crippen molar-refractivity contribution in [2.45, 2.75) is 38.1 Å². The van der Waals surface area contributed by atoms with E-state index >= 15 is 0 Å². The molecule has 21 heavy (non-hydrogen) atoms. The Morgan fingerprint density at radius 2 is 2.14 bits per heavy atom. The van der Waals surface area contributed by atoms with Gasteiger partial charge in [0.1, 0.15) is 6.26 Å². The molecule has 0 bridgehead atoms. The van der Waals surface area contributed by atoms with Crippen LogP contribution in [0.1, 0.15) is 42.5 Å². The molecule has 1 fully saturated rings. The second-order valence-corrected chi connectivity index (χ2v) is 5.27. The molecule has 2 amide bonds. The van der Waals surface area contributed by atoms with Gasteiger partial charge in [0, 0.05) is 25.6 Å². The predicted octanol–water partition coefficient (Wildman–Crippen LogP) is 1.16. The van der Waals surface area contributed by atoms with Crippen LogP contribution in [0.2, 0.25) is 0 Å². The van der Waals surface area contributed by atoms with E-state index in [9.17, 15) is 9.59 Å². The number of aliphatic hydroxyl groups excluding tert-OH is 1. The standard InChI is InChI=1S/C15H22N2O4/c18-9-8-17(13-3-1-2-4-13)14(19)5-7-16-15(20)12-6-10-21-11-12/h6,10-11,13,18H,1-5,7-9H2,(H,16,20). The molecule has 1 heterocycles. The van der Waals surface area contributed by atoms with E-state index in [1.807, 2.05) is 0 Å². The molecule has 0 spiro atoms. The predicted molar refractivity (Wildman–Crippen MR) is 76.7 cm³/mol. The molecule has 1 aromatic rings. The summed E-state index contributed by atoms with van der Waals surface area (Å²) < 4.78 is 4.84. The monoisotopic (exact) mass is 294 g/mol. The van der Waals surface area contributed by atoms with E-state index in [1.165, 1.54) is 12.5 Å². The molecular weight excluding hydrogens is 272 g/mol. The van der Waals surface area contributed by atoms with Crippen molar-refractivity contribution in [2.24, 2.45) is 0 Å². The van der Waals surface area contributed by atoms with Gasteiger partial charge in [-0.3, -0.25) is 9.59 Å². The van der Waals surface area contributed by atoms with Crippen molar-refractivity contribution in [3.8, 4) is 0 Å². The van der Waals surface area contributed by atoms with Crippen molar-refractivity contribution in [1.82, 2.24) is 10.2 Å². The Bertz CT molecular complexity index is 452. The summed E-state index contributed by atoms with van der Waals surface area (Å²) >= 11 is 0. The fourth-order valence-electron chi connectivity index (χ4n) is 2.76. The van der Waals surface area contributed by atoms with Gasteiger partial charge in [0.25, 0.3) is 5.91 Å². The smallest absolute Gasteiger partial charge is 0.254 e. The summed E-state index contributed by atoms with van der Waals surface area (Å²) in [6.07, 6.45) is 7.34. The number of aliphatic hydroxyl groups is 1. The van der Waals surface area contributed by atoms with E-state index in [-0.39, 0.29) is 37.4 Å². The van der Waals surface area contributed by atoms with Gasteiger partial charge in [0.15, 0.2) is 0 Å². The summed E-state index contributed by atoms with van der Waals surface area (Å²) in [5, 5.41) is 11.8. The van der Waals surface area contributed by atoms with Gasteiger partial charge in [0.2, 0.25) is 5.91 Å². The summed E-state index contributed by atoms with van der Waals surface area (Å²) in [4.78, 5) is 25.7. The minimum atomic E-state index is -0.244. The maximum absolute atomic E-state index is 12.2. The molecular formula is C15H22N2O4. The van der Waals surface area contributed by atoms with Crippen LogP contribution in [0.15, 0.2) is 23.0 Å². The summed E-state index contributed by atoms with van der Waals surface area (Å²) in [7, 11) is 0. The zero-order valence-corrected chi connectivity index (χ0v) is 12.1. The lowest BCUT2D eigenvalue weighted by molar-refractivity contribution is -0.133. The second kappa shape index (κ2) is 7.83. The van der Waals surface area contributed by atoms with E-state index in [0.717, 1.165) is 25.7 Å². The Labute approximate surface area is 124 Å². The second-order valence-electron chi connectivity index (χ2n) is 5.27. The number of carbonyl (C=O) groups is 2. The molecule has 0 unspecified atom stereocenters. The molecule has 2 rings (SSSR count). The lowest BCUT2D eigenvalue weighted by Gasteiger charge is -2.28. The van der Waals surface area contributed by atoms with E-state index in [4.69, 9.17) is 9.52 Å². The number of carbonyl (C=O) groups excluding carboxylic acids is 2. The summed E-state index contributed by atoms with van der Waals surface area (Å²) in [5.74, 6) is -0.255. The lowest BCUT2D eigenvalue weighted by atomic mass is 10.2. The van der Waals surface area contributed by atoms with Crippen LogP contribution in [0.25, 0.3) is 0 Å². The van der Waals surface area contributed by atoms with Crippen molar-refractivity contribution >= 4 is 11.8 Å². The molecule has 0 aromatic carbocycles. The summed E-state index contributed by atoms with van der Waals surface area (Å²) in [6, 6.07) is 1.82. The van der Waals surface area contributed by atoms with Gasteiger partial charge in [0.05, 0.1) is 18.4 Å². The number of hydrogen-bond acceptors (Lipinski definition) is 4. The highest BCUT2D eigenvalue weighted by Gasteiger charge is 2.25. The molecule has 0 aliphatic heterocycles. The van der Waals surface area contributed by atoms with E-state index < -0.39 is 0 Å². The number of nitrogens with zero attached hydrogens (tertiary/aromatic N) is 1. The number of hydrogen-bond donors (Lipinski definition) is 2. The minimum Gasteiger partial charge on any atom is -0.472 e. The molecule has 1 saturated carbocycles. The normalized spacial score (nSPS) is 15.1. The van der Waals surface area contributed by atoms with E-state index in [0.29, 0.717) is 12.1 Å². The van der Waals surface area contributed by atoms with Gasteiger partial charge in [-0.2, -0.15) is 0 Å². The van der Waals surface area contributed by atoms with Gasteiger partial charge in [-0.05, 0) is 18.9 Å². The van der Waals surface area contributed by atoms with Crippen molar-refractivity contribution in [1.29, 1.82) is 0 Å². The molecule has 1 aliphatic rings. The van der Waals surface area contributed by atoms with Gasteiger partial charge in [-0.1, -0.05) is 12.8 Å². The van der Waals surface area contributed by atoms with E-state index in [2.05, 4.69) is 5.32 Å². The zero-order valence-electron chi connectivity index (χ0n) is 12.1. The number of nitrogens with one attached hydrogen (secondary N) is 1. The molecule has 6 nitrogen and oxygen atoms in total. The Hall–Kier alpha value is -1.82. The fourth-order valence-corrected chi connectivity index (χ4v) is 2.76. The van der Waals surface area contributed by atoms with Crippen molar-refractivity contribution in [3.63, 3.8) is 0 Å². The molecule has 0 radical (unpaired) electrons. The first-order valence-electron chi connectivity index (χ1n) is 7.43. The van der Waals surface area contributed by atoms with Gasteiger partial charge < -0.3 is 19.7 Å². The zero-order chi connectivity index (χ0) is 15.1. The van der Waals surface area contributed by atoms with Crippen LogP contribution < -0.4 is 5.32 Å². The minimum absolute atomic E-state index is 0.0107. The van der Waals surface area contributed by atoms with Gasteiger partial charge in [-0.25, -0.2) is 0 Å². The van der Waals surface area contributed by atoms with Gasteiger partial charge >= 0.3 is 0 Å². The first-order chi connectivity index (χ1) is 10.2. The largest absolute Gasteiger partial charge is 0.472 e. The third kappa shape index (κ3) is 4.32. The molecule has 1 aliphatic carbocycles. The Balaban J connectivity index is 1.77. The molecule has 1 aromatic heterocycles. The topological polar surface area (TPSA) is 82.8 Å². The summed E-state index contributed by atoms with van der Waals surface area (Å²) in [5.41, 5.74) is 0.449. The fraction of sp³-hybridized carbons (Fsp3) is 0.600. The number of rotatable bonds is 7. The summed E-state index contributed by atoms with van der Waals surface area (Å²) in [6.45, 7) is 0.639. The highest BCUT2D eigenvalue weighted by atomic mass is 16.3. The third-order valence-corrected chi connectivity index (χ3v) is 3.83. The average molecular weight is 294 g/mol. The average Bonchev–Trinajstić information content (AvgIpc) is 3.17. The highest BCUT2D eigenvalue weighted by Crippen LogP contribution is 2.23. The maximum Gasteiger partial charge on any atom is 0.254 e. The number of furan rings is 1. The van der Waals surface area contributed by atoms with Crippen LogP contribution in [0.5, 0.6) is 0 Å². The van der Waals surface area contributed by atoms with E-state index in [1.54, 1.807) is 11.0 Å². The molecule has 0 atom stereocenters. The van der Waals surface area contributed by atoms with Crippen LogP contribution in [0, 0.1) is 0 Å². The highest BCUT2D eigenvalue weighted by molar-refractivity contribution is 5.94. The number of amides is 2. The molecule has 0 saturated heterocycles. The molecule has 6 heteroatoms. The van der Waals surface area contributed by atoms with Crippen LogP contribution in [-0.4, -0.2) is 47.6 Å². The van der Waals surface area contributed by atoms with Crippen LogP contribution in [0.3, 0.4) is 0 Å². The van der Waals surface area contributed by atoms with Gasteiger partial charge in [-0.15, -0.1) is 0 Å². The first kappa shape index (κ1) is 15.6. The lowest BCUT2D eigenvalue weighted by Crippen LogP contribution is -2.42. The Morgan fingerprint density at radius 3 is 2.76 bits per heavy atom. The molecule has 2 N–H and O–H groups in total. The molecule has 116 valence electrons. The van der Waals surface area contributed by atoms with Crippen LogP contribution >= 0.6 is 0 Å².